The van der Waals surface area contributed by atoms with Crippen LogP contribution in [-0.4, -0.2) is 64.4 Å². The monoisotopic (exact) mass is 269 g/mol. The Labute approximate surface area is 111 Å². The number of likely N-dealkylation sites (tertiary alicyclic amines) is 2. The molecule has 106 valence electrons. The first-order valence-electron chi connectivity index (χ1n) is 6.59. The first-order chi connectivity index (χ1) is 9.06. The van der Waals surface area contributed by atoms with Gasteiger partial charge in [-0.25, -0.2) is 4.79 Å². The lowest BCUT2D eigenvalue weighted by Gasteiger charge is -2.29. The summed E-state index contributed by atoms with van der Waals surface area (Å²) in [7, 11) is 0. The predicted octanol–water partition coefficient (Wildman–Crippen LogP) is -0.988. The summed E-state index contributed by atoms with van der Waals surface area (Å²) in [6.45, 7) is 0.862. The largest absolute Gasteiger partial charge is 0.480 e. The quantitative estimate of drug-likeness (QED) is 0.684. The lowest BCUT2D eigenvalue weighted by Crippen LogP contribution is -2.51. The molecule has 2 fully saturated rings. The molecule has 2 atom stereocenters. The molecule has 19 heavy (non-hydrogen) atoms. The average Bonchev–Trinajstić information content (AvgIpc) is 3.05. The Balaban J connectivity index is 2.10. The molecule has 0 spiro atoms. The van der Waals surface area contributed by atoms with Gasteiger partial charge in [0, 0.05) is 13.1 Å². The Kier molecular flexibility index (Phi) is 4.04. The van der Waals surface area contributed by atoms with E-state index in [1.54, 1.807) is 0 Å². The highest BCUT2D eigenvalue weighted by atomic mass is 16.4. The highest BCUT2D eigenvalue weighted by Gasteiger charge is 2.41. The normalized spacial score (nSPS) is 26.8. The molecule has 0 aliphatic carbocycles. The van der Waals surface area contributed by atoms with Gasteiger partial charge in [0.1, 0.15) is 12.1 Å². The van der Waals surface area contributed by atoms with Gasteiger partial charge in [-0.1, -0.05) is 0 Å². The highest BCUT2D eigenvalue weighted by Crippen LogP contribution is 2.24. The Morgan fingerprint density at radius 3 is 2.21 bits per heavy atom. The maximum absolute atomic E-state index is 12.4. The van der Waals surface area contributed by atoms with Crippen LogP contribution < -0.4 is 5.73 Å². The molecule has 0 aromatic carbocycles. The standard InChI is InChI=1S/C12H19N3O4/c13-7-10(16)14-5-1-3-8(14)11(17)15-6-2-4-9(15)12(18)19/h8-9H,1-7,13H2,(H,18,19). The van der Waals surface area contributed by atoms with Gasteiger partial charge in [0.15, 0.2) is 0 Å². The number of hydrogen-bond acceptors (Lipinski definition) is 4. The summed E-state index contributed by atoms with van der Waals surface area (Å²) >= 11 is 0. The zero-order chi connectivity index (χ0) is 14.0. The van der Waals surface area contributed by atoms with Gasteiger partial charge in [0.25, 0.3) is 0 Å². The van der Waals surface area contributed by atoms with Crippen molar-refractivity contribution in [3.8, 4) is 0 Å². The maximum atomic E-state index is 12.4. The van der Waals surface area contributed by atoms with E-state index in [0.29, 0.717) is 32.4 Å². The number of carbonyl (C=O) groups is 3. The van der Waals surface area contributed by atoms with Crippen LogP contribution in [-0.2, 0) is 14.4 Å². The van der Waals surface area contributed by atoms with E-state index in [4.69, 9.17) is 10.8 Å². The molecule has 0 radical (unpaired) electrons. The molecular formula is C12H19N3O4. The van der Waals surface area contributed by atoms with Crippen molar-refractivity contribution in [2.24, 2.45) is 5.73 Å². The summed E-state index contributed by atoms with van der Waals surface area (Å²) in [6.07, 6.45) is 2.53. The molecule has 2 heterocycles. The molecule has 2 rings (SSSR count). The number of carbonyl (C=O) groups excluding carboxylic acids is 2. The molecule has 3 N–H and O–H groups in total. The van der Waals surface area contributed by atoms with Crippen LogP contribution in [0.25, 0.3) is 0 Å². The molecule has 0 saturated carbocycles. The molecule has 0 aromatic rings. The smallest absolute Gasteiger partial charge is 0.326 e. The maximum Gasteiger partial charge on any atom is 0.326 e. The van der Waals surface area contributed by atoms with Crippen LogP contribution in [0.4, 0.5) is 0 Å². The number of carboxylic acids is 1. The third-order valence-corrected chi connectivity index (χ3v) is 3.85. The van der Waals surface area contributed by atoms with Gasteiger partial charge in [0.05, 0.1) is 6.54 Å². The molecule has 2 saturated heterocycles. The molecule has 7 heteroatoms. The average molecular weight is 269 g/mol. The summed E-state index contributed by atoms with van der Waals surface area (Å²) in [5.41, 5.74) is 5.33. The molecule has 2 aliphatic rings. The molecule has 2 amide bonds. The van der Waals surface area contributed by atoms with Gasteiger partial charge in [0.2, 0.25) is 11.8 Å². The van der Waals surface area contributed by atoms with Gasteiger partial charge in [-0.15, -0.1) is 0 Å². The van der Waals surface area contributed by atoms with Crippen molar-refractivity contribution in [1.29, 1.82) is 0 Å². The fourth-order valence-corrected chi connectivity index (χ4v) is 2.92. The topological polar surface area (TPSA) is 104 Å². The van der Waals surface area contributed by atoms with Gasteiger partial charge in [-0.2, -0.15) is 0 Å². The lowest BCUT2D eigenvalue weighted by atomic mass is 10.1. The highest BCUT2D eigenvalue weighted by molar-refractivity contribution is 5.91. The fourth-order valence-electron chi connectivity index (χ4n) is 2.92. The number of carboxylic acid groups (broad SMARTS) is 1. The van der Waals surface area contributed by atoms with E-state index in [1.165, 1.54) is 9.80 Å². The van der Waals surface area contributed by atoms with Crippen molar-refractivity contribution < 1.29 is 19.5 Å². The van der Waals surface area contributed by atoms with Gasteiger partial charge in [-0.3, -0.25) is 9.59 Å². The summed E-state index contributed by atoms with van der Waals surface area (Å²) < 4.78 is 0. The van der Waals surface area contributed by atoms with E-state index < -0.39 is 18.1 Å². The third kappa shape index (κ3) is 2.56. The summed E-state index contributed by atoms with van der Waals surface area (Å²) in [6, 6.07) is -1.28. The number of aliphatic carboxylic acids is 1. The van der Waals surface area contributed by atoms with E-state index >= 15 is 0 Å². The van der Waals surface area contributed by atoms with Crippen LogP contribution in [0.3, 0.4) is 0 Å². The number of amides is 2. The second-order valence-corrected chi connectivity index (χ2v) is 4.98. The van der Waals surface area contributed by atoms with E-state index in [9.17, 15) is 14.4 Å². The minimum absolute atomic E-state index is 0.119. The van der Waals surface area contributed by atoms with Crippen LogP contribution in [0, 0.1) is 0 Å². The van der Waals surface area contributed by atoms with Crippen molar-refractivity contribution in [3.05, 3.63) is 0 Å². The summed E-state index contributed by atoms with van der Waals surface area (Å²) in [5.74, 6) is -1.47. The summed E-state index contributed by atoms with van der Waals surface area (Å²) in [4.78, 5) is 38.1. The second kappa shape index (κ2) is 5.56. The Bertz CT molecular complexity index is 398. The first kappa shape index (κ1) is 13.8. The van der Waals surface area contributed by atoms with Crippen LogP contribution in [0.1, 0.15) is 25.7 Å². The lowest BCUT2D eigenvalue weighted by molar-refractivity contribution is -0.151. The first-order valence-corrected chi connectivity index (χ1v) is 6.59. The third-order valence-electron chi connectivity index (χ3n) is 3.85. The van der Waals surface area contributed by atoms with Gasteiger partial charge >= 0.3 is 5.97 Å². The zero-order valence-electron chi connectivity index (χ0n) is 10.7. The number of nitrogens with zero attached hydrogens (tertiary/aromatic N) is 2. The van der Waals surface area contributed by atoms with E-state index in [1.807, 2.05) is 0 Å². The van der Waals surface area contributed by atoms with Crippen molar-refractivity contribution >= 4 is 17.8 Å². The Hall–Kier alpha value is -1.63. The van der Waals surface area contributed by atoms with E-state index in [0.717, 1.165) is 6.42 Å². The van der Waals surface area contributed by atoms with Crippen molar-refractivity contribution in [2.75, 3.05) is 19.6 Å². The van der Waals surface area contributed by atoms with Gasteiger partial charge < -0.3 is 20.6 Å². The fraction of sp³-hybridized carbons (Fsp3) is 0.750. The van der Waals surface area contributed by atoms with Crippen molar-refractivity contribution in [2.45, 2.75) is 37.8 Å². The SMILES string of the molecule is NCC(=O)N1CCCC1C(=O)N1CCCC1C(=O)O. The Morgan fingerprint density at radius 1 is 1.05 bits per heavy atom. The summed E-state index contributed by atoms with van der Waals surface area (Å²) in [5, 5.41) is 9.10. The molecular weight excluding hydrogens is 250 g/mol. The number of rotatable bonds is 3. The number of nitrogens with two attached hydrogens (primary N) is 1. The second-order valence-electron chi connectivity index (χ2n) is 4.98. The Morgan fingerprint density at radius 2 is 1.63 bits per heavy atom. The molecule has 2 unspecified atom stereocenters. The molecule has 0 aromatic heterocycles. The minimum Gasteiger partial charge on any atom is -0.480 e. The molecule has 2 aliphatic heterocycles. The van der Waals surface area contributed by atoms with E-state index in [-0.39, 0.29) is 18.4 Å². The van der Waals surface area contributed by atoms with Crippen LogP contribution in [0.2, 0.25) is 0 Å². The predicted molar refractivity (Wildman–Crippen MR) is 66.2 cm³/mol. The van der Waals surface area contributed by atoms with Gasteiger partial charge in [-0.05, 0) is 25.7 Å². The van der Waals surface area contributed by atoms with E-state index in [2.05, 4.69) is 0 Å². The zero-order valence-corrected chi connectivity index (χ0v) is 10.7. The number of hydrogen-bond donors (Lipinski definition) is 2. The van der Waals surface area contributed by atoms with Crippen LogP contribution in [0.15, 0.2) is 0 Å². The van der Waals surface area contributed by atoms with Crippen molar-refractivity contribution in [1.82, 2.24) is 9.80 Å². The van der Waals surface area contributed by atoms with Crippen LogP contribution >= 0.6 is 0 Å². The molecule has 0 bridgehead atoms. The minimum atomic E-state index is -0.972. The van der Waals surface area contributed by atoms with Crippen LogP contribution in [0.5, 0.6) is 0 Å². The molecule has 7 nitrogen and oxygen atoms in total. The van der Waals surface area contributed by atoms with Crippen molar-refractivity contribution in [3.63, 3.8) is 0 Å².